The van der Waals surface area contributed by atoms with Gasteiger partial charge in [-0.1, -0.05) is 53.8 Å². The van der Waals surface area contributed by atoms with Crippen molar-refractivity contribution in [3.8, 4) is 21.3 Å². The highest BCUT2D eigenvalue weighted by Gasteiger charge is 2.22. The zero-order valence-corrected chi connectivity index (χ0v) is 19.8. The molecule has 0 saturated heterocycles. The molecule has 0 saturated carbocycles. The zero-order chi connectivity index (χ0) is 23.5. The number of nitrogens with zero attached hydrogens (tertiary/aromatic N) is 4. The summed E-state index contributed by atoms with van der Waals surface area (Å²) in [6, 6.07) is 7.98. The van der Waals surface area contributed by atoms with Gasteiger partial charge in [-0.05, 0) is 25.1 Å². The molecule has 0 bridgehead atoms. The van der Waals surface area contributed by atoms with Gasteiger partial charge < -0.3 is 4.74 Å². The van der Waals surface area contributed by atoms with Gasteiger partial charge in [0.2, 0.25) is 0 Å². The van der Waals surface area contributed by atoms with Crippen molar-refractivity contribution in [1.82, 2.24) is 20.0 Å². The van der Waals surface area contributed by atoms with Gasteiger partial charge in [-0.3, -0.25) is 0 Å². The molecule has 2 aromatic heterocycles. The van der Waals surface area contributed by atoms with Crippen LogP contribution >= 0.6 is 22.9 Å². The second-order valence-corrected chi connectivity index (χ2v) is 9.86. The minimum atomic E-state index is -3.37. The standard InChI is InChI=1S/C21H19ClN4O4S2/c1-5-8-15(22)17(6-2)26-18(12-16(25-26)21(27)30-3)20-24-23-19(31-20)13-9-7-10-14(11-13)32(4,28)29/h5-12H,1H2,2-4H3/b15-8+,17-6+. The van der Waals surface area contributed by atoms with Crippen molar-refractivity contribution in [3.05, 3.63) is 65.9 Å². The van der Waals surface area contributed by atoms with Crippen LogP contribution in [0.3, 0.4) is 0 Å². The first-order valence-electron chi connectivity index (χ1n) is 9.17. The Bertz CT molecular complexity index is 1350. The number of carbonyl (C=O) groups is 1. The van der Waals surface area contributed by atoms with E-state index in [-0.39, 0.29) is 10.6 Å². The summed E-state index contributed by atoms with van der Waals surface area (Å²) in [5, 5.41) is 14.1. The lowest BCUT2D eigenvalue weighted by molar-refractivity contribution is 0.0593. The van der Waals surface area contributed by atoms with Crippen LogP contribution < -0.4 is 0 Å². The first kappa shape index (κ1) is 23.6. The van der Waals surface area contributed by atoms with Crippen molar-refractivity contribution < 1.29 is 17.9 Å². The smallest absolute Gasteiger partial charge is 0.358 e. The fourth-order valence-electron chi connectivity index (χ4n) is 2.77. The highest BCUT2D eigenvalue weighted by atomic mass is 35.5. The SMILES string of the molecule is C=C/C=C(Cl)\C(=C/C)n1nc(C(=O)OC)cc1-c1nnc(-c2cccc(S(C)(=O)=O)c2)s1. The van der Waals surface area contributed by atoms with Crippen LogP contribution in [0.4, 0.5) is 0 Å². The second kappa shape index (κ2) is 9.60. The van der Waals surface area contributed by atoms with Crippen molar-refractivity contribution >= 4 is 44.4 Å². The molecule has 0 atom stereocenters. The molecule has 11 heteroatoms. The van der Waals surface area contributed by atoms with Crippen LogP contribution in [-0.4, -0.2) is 47.7 Å². The Hall–Kier alpha value is -3.08. The molecular formula is C21H19ClN4O4S2. The molecular weight excluding hydrogens is 472 g/mol. The van der Waals surface area contributed by atoms with Crippen molar-refractivity contribution in [2.45, 2.75) is 11.8 Å². The Kier molecular flexibility index (Phi) is 7.07. The molecule has 0 spiro atoms. The van der Waals surface area contributed by atoms with Crippen LogP contribution in [0.2, 0.25) is 0 Å². The molecule has 0 N–H and O–H groups in total. The highest BCUT2D eigenvalue weighted by molar-refractivity contribution is 7.90. The molecule has 0 radical (unpaired) electrons. The molecule has 2 heterocycles. The molecule has 32 heavy (non-hydrogen) atoms. The van der Waals surface area contributed by atoms with Gasteiger partial charge in [0.15, 0.2) is 20.5 Å². The largest absolute Gasteiger partial charge is 0.464 e. The van der Waals surface area contributed by atoms with Gasteiger partial charge in [0.05, 0.1) is 22.7 Å². The van der Waals surface area contributed by atoms with E-state index in [1.165, 1.54) is 47.4 Å². The number of halogens is 1. The number of ether oxygens (including phenoxy) is 1. The number of sulfone groups is 1. The quantitative estimate of drug-likeness (QED) is 0.356. The molecule has 3 rings (SSSR count). The predicted octanol–water partition coefficient (Wildman–Crippen LogP) is 4.43. The topological polar surface area (TPSA) is 104 Å². The Labute approximate surface area is 194 Å². The molecule has 0 aliphatic rings. The Morgan fingerprint density at radius 3 is 2.59 bits per heavy atom. The van der Waals surface area contributed by atoms with E-state index in [0.29, 0.717) is 32.0 Å². The van der Waals surface area contributed by atoms with Crippen LogP contribution in [0.1, 0.15) is 17.4 Å². The number of esters is 1. The van der Waals surface area contributed by atoms with Crippen LogP contribution in [0.15, 0.2) is 65.1 Å². The van der Waals surface area contributed by atoms with Gasteiger partial charge in [0.1, 0.15) is 10.7 Å². The highest BCUT2D eigenvalue weighted by Crippen LogP contribution is 2.34. The average molecular weight is 491 g/mol. The number of benzene rings is 1. The number of carbonyl (C=O) groups excluding carboxylic acids is 1. The summed E-state index contributed by atoms with van der Waals surface area (Å²) in [7, 11) is -2.11. The number of allylic oxidation sites excluding steroid dienone is 5. The van der Waals surface area contributed by atoms with E-state index in [0.717, 1.165) is 6.26 Å². The van der Waals surface area contributed by atoms with E-state index in [1.54, 1.807) is 31.2 Å². The van der Waals surface area contributed by atoms with E-state index in [9.17, 15) is 13.2 Å². The molecule has 0 aliphatic carbocycles. The van der Waals surface area contributed by atoms with Crippen molar-refractivity contribution in [2.75, 3.05) is 13.4 Å². The Morgan fingerprint density at radius 1 is 1.25 bits per heavy atom. The maximum atomic E-state index is 12.1. The van der Waals surface area contributed by atoms with Gasteiger partial charge in [-0.15, -0.1) is 10.2 Å². The van der Waals surface area contributed by atoms with E-state index in [2.05, 4.69) is 21.9 Å². The maximum Gasteiger partial charge on any atom is 0.358 e. The summed E-state index contributed by atoms with van der Waals surface area (Å²) in [6.45, 7) is 5.42. The normalized spacial score (nSPS) is 12.6. The van der Waals surface area contributed by atoms with Crippen LogP contribution in [0.5, 0.6) is 0 Å². The van der Waals surface area contributed by atoms with Crippen LogP contribution in [0, 0.1) is 0 Å². The number of hydrogen-bond donors (Lipinski definition) is 0. The van der Waals surface area contributed by atoms with Gasteiger partial charge in [-0.2, -0.15) is 5.10 Å². The zero-order valence-electron chi connectivity index (χ0n) is 17.4. The third-order valence-corrected chi connectivity index (χ3v) is 6.69. The number of aromatic nitrogens is 4. The molecule has 0 fully saturated rings. The summed E-state index contributed by atoms with van der Waals surface area (Å²) in [5.74, 6) is -0.616. The van der Waals surface area contributed by atoms with E-state index in [1.807, 2.05) is 0 Å². The van der Waals surface area contributed by atoms with Gasteiger partial charge in [0, 0.05) is 17.9 Å². The summed E-state index contributed by atoms with van der Waals surface area (Å²) in [4.78, 5) is 12.3. The van der Waals surface area contributed by atoms with E-state index >= 15 is 0 Å². The van der Waals surface area contributed by atoms with Crippen LogP contribution in [-0.2, 0) is 14.6 Å². The summed E-state index contributed by atoms with van der Waals surface area (Å²) < 4.78 is 30.0. The second-order valence-electron chi connectivity index (χ2n) is 6.45. The molecule has 3 aromatic rings. The molecule has 1 aromatic carbocycles. The van der Waals surface area contributed by atoms with E-state index in [4.69, 9.17) is 16.3 Å². The predicted molar refractivity (Wildman–Crippen MR) is 125 cm³/mol. The first-order valence-corrected chi connectivity index (χ1v) is 12.3. The van der Waals surface area contributed by atoms with Crippen molar-refractivity contribution in [1.29, 1.82) is 0 Å². The van der Waals surface area contributed by atoms with E-state index < -0.39 is 15.8 Å². The average Bonchev–Trinajstić information content (AvgIpc) is 3.41. The molecule has 0 amide bonds. The number of rotatable bonds is 7. The molecule has 166 valence electrons. The van der Waals surface area contributed by atoms with Gasteiger partial charge in [0.25, 0.3) is 0 Å². The van der Waals surface area contributed by atoms with Gasteiger partial charge >= 0.3 is 5.97 Å². The Balaban J connectivity index is 2.14. The van der Waals surface area contributed by atoms with Crippen molar-refractivity contribution in [2.24, 2.45) is 0 Å². The van der Waals surface area contributed by atoms with Crippen LogP contribution in [0.25, 0.3) is 27.0 Å². The summed E-state index contributed by atoms with van der Waals surface area (Å²) in [6.07, 6.45) is 6.01. The monoisotopic (exact) mass is 490 g/mol. The lowest BCUT2D eigenvalue weighted by Crippen LogP contribution is -2.06. The minimum absolute atomic E-state index is 0.0701. The Morgan fingerprint density at radius 2 is 1.97 bits per heavy atom. The molecule has 8 nitrogen and oxygen atoms in total. The van der Waals surface area contributed by atoms with Gasteiger partial charge in [-0.25, -0.2) is 17.9 Å². The minimum Gasteiger partial charge on any atom is -0.464 e. The summed E-state index contributed by atoms with van der Waals surface area (Å²) >= 11 is 7.60. The van der Waals surface area contributed by atoms with Crippen molar-refractivity contribution in [3.63, 3.8) is 0 Å². The maximum absolute atomic E-state index is 12.1. The fourth-order valence-corrected chi connectivity index (χ4v) is 4.56. The molecule has 0 unspecified atom stereocenters. The lowest BCUT2D eigenvalue weighted by atomic mass is 10.2. The summed E-state index contributed by atoms with van der Waals surface area (Å²) in [5.41, 5.74) is 1.65. The third-order valence-electron chi connectivity index (χ3n) is 4.27. The number of hydrogen-bond acceptors (Lipinski definition) is 8. The fraction of sp³-hybridized carbons (Fsp3) is 0.143. The first-order chi connectivity index (χ1) is 15.2. The third kappa shape index (κ3) is 4.87. The number of methoxy groups -OCH3 is 1. The molecule has 0 aliphatic heterocycles. The lowest BCUT2D eigenvalue weighted by Gasteiger charge is -2.08.